The number of anilines is 1. The van der Waals surface area contributed by atoms with E-state index in [9.17, 15) is 4.79 Å². The van der Waals surface area contributed by atoms with Gasteiger partial charge >= 0.3 is 0 Å². The van der Waals surface area contributed by atoms with Crippen LogP contribution in [0.25, 0.3) is 22.3 Å². The van der Waals surface area contributed by atoms with E-state index in [0.29, 0.717) is 5.82 Å². The lowest BCUT2D eigenvalue weighted by Crippen LogP contribution is -2.47. The van der Waals surface area contributed by atoms with Gasteiger partial charge in [0, 0.05) is 11.6 Å². The molecular formula is C28H33N7O2. The maximum atomic E-state index is 12.5. The highest BCUT2D eigenvalue weighted by Gasteiger charge is 2.28. The molecule has 2 heterocycles. The van der Waals surface area contributed by atoms with E-state index in [1.165, 1.54) is 6.33 Å². The minimum atomic E-state index is -0.153. The Morgan fingerprint density at radius 2 is 1.76 bits per heavy atom. The van der Waals surface area contributed by atoms with Crippen LogP contribution >= 0.6 is 0 Å². The first-order chi connectivity index (χ1) is 18.1. The summed E-state index contributed by atoms with van der Waals surface area (Å²) in [5.74, 6) is 2.01. The third-order valence-corrected chi connectivity index (χ3v) is 7.09. The number of fused-ring (bicyclic) bond motifs is 1. The van der Waals surface area contributed by atoms with Crippen LogP contribution in [0.1, 0.15) is 45.1 Å². The molecule has 1 atom stereocenters. The number of nitrogens with zero attached hydrogens (tertiary/aromatic N) is 4. The van der Waals surface area contributed by atoms with E-state index >= 15 is 0 Å². The molecule has 0 saturated heterocycles. The highest BCUT2D eigenvalue weighted by atomic mass is 16.5. The summed E-state index contributed by atoms with van der Waals surface area (Å²) >= 11 is 0. The van der Waals surface area contributed by atoms with Crippen molar-refractivity contribution in [2.75, 3.05) is 12.8 Å². The van der Waals surface area contributed by atoms with E-state index in [0.717, 1.165) is 65.9 Å². The van der Waals surface area contributed by atoms with E-state index < -0.39 is 0 Å². The monoisotopic (exact) mass is 499 g/mol. The van der Waals surface area contributed by atoms with Crippen molar-refractivity contribution in [3.63, 3.8) is 0 Å². The summed E-state index contributed by atoms with van der Waals surface area (Å²) in [6.45, 7) is 2.01. The second-order valence-electron chi connectivity index (χ2n) is 9.45. The molecule has 0 aliphatic heterocycles. The topological polar surface area (TPSA) is 120 Å². The zero-order chi connectivity index (χ0) is 25.8. The number of amides is 1. The van der Waals surface area contributed by atoms with Crippen LogP contribution in [-0.4, -0.2) is 44.8 Å². The van der Waals surface area contributed by atoms with E-state index in [2.05, 4.69) is 20.6 Å². The molecule has 5 rings (SSSR count). The van der Waals surface area contributed by atoms with E-state index in [1.807, 2.05) is 73.3 Å². The lowest BCUT2D eigenvalue weighted by molar-refractivity contribution is -0.124. The molecule has 1 fully saturated rings. The molecule has 4 N–H and O–H groups in total. The van der Waals surface area contributed by atoms with Gasteiger partial charge in [-0.25, -0.2) is 14.6 Å². The third kappa shape index (κ3) is 5.27. The van der Waals surface area contributed by atoms with Gasteiger partial charge in [0.2, 0.25) is 5.91 Å². The summed E-state index contributed by atoms with van der Waals surface area (Å²) in [6, 6.07) is 17.7. The smallest absolute Gasteiger partial charge is 0.237 e. The lowest BCUT2D eigenvalue weighted by atomic mass is 9.91. The minimum absolute atomic E-state index is 0.0699. The zero-order valence-electron chi connectivity index (χ0n) is 21.2. The van der Waals surface area contributed by atoms with E-state index in [1.54, 1.807) is 0 Å². The number of rotatable bonds is 8. The van der Waals surface area contributed by atoms with Crippen LogP contribution in [-0.2, 0) is 4.79 Å². The highest BCUT2D eigenvalue weighted by molar-refractivity contribution is 5.98. The van der Waals surface area contributed by atoms with Gasteiger partial charge in [0.1, 0.15) is 29.3 Å². The first kappa shape index (κ1) is 24.7. The summed E-state index contributed by atoms with van der Waals surface area (Å²) in [6.07, 6.45) is 5.82. The van der Waals surface area contributed by atoms with Gasteiger partial charge in [0.25, 0.3) is 0 Å². The SMILES string of the molecule is CCC(NC)C(=O)NC1CCC(n2nc(-c3ccc(Oc4ccccc4)cc3)c3c(N)ncnc32)CC1. The van der Waals surface area contributed by atoms with Crippen molar-refractivity contribution in [3.05, 3.63) is 60.9 Å². The average molecular weight is 500 g/mol. The van der Waals surface area contributed by atoms with Gasteiger partial charge in [-0.05, 0) is 75.5 Å². The molecule has 2 aromatic heterocycles. The Kier molecular flexibility index (Phi) is 7.32. The van der Waals surface area contributed by atoms with Crippen LogP contribution in [0.2, 0.25) is 0 Å². The second-order valence-corrected chi connectivity index (χ2v) is 9.45. The minimum Gasteiger partial charge on any atom is -0.457 e. The molecule has 1 saturated carbocycles. The van der Waals surface area contributed by atoms with Gasteiger partial charge in [-0.2, -0.15) is 5.10 Å². The number of carbonyl (C=O) groups excluding carboxylic acids is 1. The Morgan fingerprint density at radius 1 is 1.05 bits per heavy atom. The molecule has 0 radical (unpaired) electrons. The van der Waals surface area contributed by atoms with Crippen LogP contribution in [0, 0.1) is 0 Å². The molecule has 1 unspecified atom stereocenters. The fourth-order valence-electron chi connectivity index (χ4n) is 5.04. The number of para-hydroxylation sites is 1. The lowest BCUT2D eigenvalue weighted by Gasteiger charge is -2.30. The maximum Gasteiger partial charge on any atom is 0.237 e. The molecule has 2 aromatic carbocycles. The zero-order valence-corrected chi connectivity index (χ0v) is 21.2. The average Bonchev–Trinajstić information content (AvgIpc) is 3.32. The molecule has 1 aliphatic rings. The van der Waals surface area contributed by atoms with Crippen molar-refractivity contribution in [1.82, 2.24) is 30.4 Å². The Morgan fingerprint density at radius 3 is 2.43 bits per heavy atom. The molecule has 192 valence electrons. The first-order valence-corrected chi connectivity index (χ1v) is 12.9. The van der Waals surface area contributed by atoms with Gasteiger partial charge in [-0.1, -0.05) is 25.1 Å². The molecule has 4 aromatic rings. The molecule has 37 heavy (non-hydrogen) atoms. The normalized spacial score (nSPS) is 18.4. The maximum absolute atomic E-state index is 12.5. The van der Waals surface area contributed by atoms with Crippen molar-refractivity contribution in [2.45, 2.75) is 57.2 Å². The standard InChI is InChI=1S/C28H33N7O2/c1-3-23(30-2)28(36)33-19-11-13-20(14-12-19)35-27-24(26(29)31-17-32-27)25(34-35)18-9-15-22(16-10-18)37-21-7-5-4-6-8-21/h4-10,15-17,19-20,23,30H,3,11-14H2,1-2H3,(H,33,36)(H2,29,31,32). The Labute approximate surface area is 216 Å². The van der Waals surface area contributed by atoms with Gasteiger partial charge in [0.05, 0.1) is 17.5 Å². The number of nitrogen functional groups attached to an aromatic ring is 1. The van der Waals surface area contributed by atoms with Crippen LogP contribution in [0.15, 0.2) is 60.9 Å². The van der Waals surface area contributed by atoms with Crippen molar-refractivity contribution >= 4 is 22.8 Å². The van der Waals surface area contributed by atoms with Gasteiger partial charge in [0.15, 0.2) is 5.65 Å². The van der Waals surface area contributed by atoms with Crippen molar-refractivity contribution in [3.8, 4) is 22.8 Å². The first-order valence-electron chi connectivity index (χ1n) is 12.9. The predicted octanol–water partition coefficient (Wildman–Crippen LogP) is 4.47. The van der Waals surface area contributed by atoms with E-state index in [4.69, 9.17) is 15.6 Å². The molecule has 0 spiro atoms. The third-order valence-electron chi connectivity index (χ3n) is 7.09. The number of hydrogen-bond acceptors (Lipinski definition) is 7. The number of nitrogens with two attached hydrogens (primary N) is 1. The van der Waals surface area contributed by atoms with Gasteiger partial charge in [-0.3, -0.25) is 4.79 Å². The van der Waals surface area contributed by atoms with E-state index in [-0.39, 0.29) is 24.0 Å². The van der Waals surface area contributed by atoms with Crippen LogP contribution in [0.5, 0.6) is 11.5 Å². The summed E-state index contributed by atoms with van der Waals surface area (Å²) in [4.78, 5) is 21.3. The Hall–Kier alpha value is -3.98. The highest BCUT2D eigenvalue weighted by Crippen LogP contribution is 2.36. The predicted molar refractivity (Wildman–Crippen MR) is 144 cm³/mol. The summed E-state index contributed by atoms with van der Waals surface area (Å²) in [5, 5.41) is 12.0. The molecule has 9 nitrogen and oxygen atoms in total. The fraction of sp³-hybridized carbons (Fsp3) is 0.357. The molecular weight excluding hydrogens is 466 g/mol. The Bertz CT molecular complexity index is 1340. The van der Waals surface area contributed by atoms with Gasteiger partial charge in [-0.15, -0.1) is 0 Å². The number of carbonyl (C=O) groups is 1. The Balaban J connectivity index is 1.35. The summed E-state index contributed by atoms with van der Waals surface area (Å²) in [7, 11) is 1.82. The van der Waals surface area contributed by atoms with Crippen molar-refractivity contribution < 1.29 is 9.53 Å². The number of likely N-dealkylation sites (N-methyl/N-ethyl adjacent to an activating group) is 1. The second kappa shape index (κ2) is 11.0. The number of aromatic nitrogens is 4. The number of benzene rings is 2. The summed E-state index contributed by atoms with van der Waals surface area (Å²) < 4.78 is 7.94. The molecule has 9 heteroatoms. The largest absolute Gasteiger partial charge is 0.457 e. The fourth-order valence-corrected chi connectivity index (χ4v) is 5.04. The summed E-state index contributed by atoms with van der Waals surface area (Å²) in [5.41, 5.74) is 8.73. The number of nitrogens with one attached hydrogen (secondary N) is 2. The van der Waals surface area contributed by atoms with Crippen molar-refractivity contribution in [1.29, 1.82) is 0 Å². The number of hydrogen-bond donors (Lipinski definition) is 3. The number of ether oxygens (including phenoxy) is 1. The molecule has 1 aliphatic carbocycles. The quantitative estimate of drug-likeness (QED) is 0.327. The van der Waals surface area contributed by atoms with Gasteiger partial charge < -0.3 is 21.1 Å². The van der Waals surface area contributed by atoms with Crippen LogP contribution in [0.3, 0.4) is 0 Å². The molecule has 1 amide bonds. The van der Waals surface area contributed by atoms with Crippen molar-refractivity contribution in [2.24, 2.45) is 0 Å². The van der Waals surface area contributed by atoms with Crippen LogP contribution in [0.4, 0.5) is 5.82 Å². The van der Waals surface area contributed by atoms with Crippen LogP contribution < -0.4 is 21.1 Å². The molecule has 0 bridgehead atoms.